The minimum absolute atomic E-state index is 0.170. The van der Waals surface area contributed by atoms with E-state index in [1.807, 2.05) is 4.68 Å². The van der Waals surface area contributed by atoms with Crippen LogP contribution < -0.4 is 5.73 Å². The average molecular weight is 252 g/mol. The maximum atomic E-state index is 6.30. The Morgan fingerprint density at radius 2 is 2.17 bits per heavy atom. The average Bonchev–Trinajstić information content (AvgIpc) is 2.77. The summed E-state index contributed by atoms with van der Waals surface area (Å²) >= 11 is 0. The van der Waals surface area contributed by atoms with Gasteiger partial charge in [0.05, 0.1) is 0 Å². The van der Waals surface area contributed by atoms with Crippen LogP contribution in [-0.2, 0) is 17.7 Å². The maximum Gasteiger partial charge on any atom is 0.138 e. The van der Waals surface area contributed by atoms with Crippen molar-refractivity contribution < 1.29 is 4.74 Å². The first kappa shape index (κ1) is 13.5. The minimum atomic E-state index is 0.170. The van der Waals surface area contributed by atoms with Crippen LogP contribution in [0.3, 0.4) is 0 Å². The molecule has 1 fully saturated rings. The summed E-state index contributed by atoms with van der Waals surface area (Å²) in [5.74, 6) is 2.15. The summed E-state index contributed by atoms with van der Waals surface area (Å²) in [6, 6.07) is 0.170. The zero-order valence-electron chi connectivity index (χ0n) is 11.4. The molecule has 102 valence electrons. The number of ether oxygens (including phenoxy) is 1. The molecule has 5 heteroatoms. The molecule has 1 aromatic heterocycles. The van der Waals surface area contributed by atoms with E-state index in [-0.39, 0.29) is 6.04 Å². The first-order chi connectivity index (χ1) is 8.66. The molecule has 1 unspecified atom stereocenters. The van der Waals surface area contributed by atoms with Crippen molar-refractivity contribution >= 4 is 0 Å². The van der Waals surface area contributed by atoms with Gasteiger partial charge in [-0.05, 0) is 24.7 Å². The van der Waals surface area contributed by atoms with Crippen LogP contribution in [0.2, 0.25) is 0 Å². The molecular weight excluding hydrogens is 228 g/mol. The van der Waals surface area contributed by atoms with Crippen LogP contribution in [0.25, 0.3) is 0 Å². The lowest BCUT2D eigenvalue weighted by molar-refractivity contribution is 0.0581. The molecule has 0 amide bonds. The van der Waals surface area contributed by atoms with E-state index in [0.717, 1.165) is 44.8 Å². The monoisotopic (exact) mass is 252 g/mol. The standard InChI is InChI=1S/C13H24N4O/c1-10(2)8-17-13(15-9-16-17)7-12(14)11-3-5-18-6-4-11/h9-12H,3-8,14H2,1-2H3. The molecule has 0 bridgehead atoms. The van der Waals surface area contributed by atoms with E-state index in [0.29, 0.717) is 11.8 Å². The van der Waals surface area contributed by atoms with E-state index < -0.39 is 0 Å². The Bertz CT molecular complexity index is 358. The largest absolute Gasteiger partial charge is 0.381 e. The molecule has 0 spiro atoms. The molecule has 2 heterocycles. The SMILES string of the molecule is CC(C)Cn1ncnc1CC(N)C1CCOCC1. The van der Waals surface area contributed by atoms with E-state index in [1.54, 1.807) is 6.33 Å². The fourth-order valence-corrected chi connectivity index (χ4v) is 2.47. The fraction of sp³-hybridized carbons (Fsp3) is 0.846. The Hall–Kier alpha value is -0.940. The fourth-order valence-electron chi connectivity index (χ4n) is 2.47. The zero-order chi connectivity index (χ0) is 13.0. The first-order valence-electron chi connectivity index (χ1n) is 6.87. The van der Waals surface area contributed by atoms with Gasteiger partial charge >= 0.3 is 0 Å². The summed E-state index contributed by atoms with van der Waals surface area (Å²) in [6.45, 7) is 6.97. The molecule has 1 saturated heterocycles. The van der Waals surface area contributed by atoms with Crippen LogP contribution in [0, 0.1) is 11.8 Å². The molecule has 0 aliphatic carbocycles. The molecule has 5 nitrogen and oxygen atoms in total. The third-order valence-electron chi connectivity index (χ3n) is 3.52. The minimum Gasteiger partial charge on any atom is -0.381 e. The van der Waals surface area contributed by atoms with Gasteiger partial charge in [-0.3, -0.25) is 0 Å². The van der Waals surface area contributed by atoms with Crippen LogP contribution in [0.5, 0.6) is 0 Å². The zero-order valence-corrected chi connectivity index (χ0v) is 11.4. The lowest BCUT2D eigenvalue weighted by atomic mass is 9.90. The predicted molar refractivity (Wildman–Crippen MR) is 70.1 cm³/mol. The smallest absolute Gasteiger partial charge is 0.138 e. The quantitative estimate of drug-likeness (QED) is 0.856. The lowest BCUT2D eigenvalue weighted by Crippen LogP contribution is -2.36. The number of rotatable bonds is 5. The molecule has 1 aromatic rings. The van der Waals surface area contributed by atoms with Gasteiger partial charge in [0.25, 0.3) is 0 Å². The Labute approximate surface area is 109 Å². The van der Waals surface area contributed by atoms with Crippen molar-refractivity contribution in [3.05, 3.63) is 12.2 Å². The maximum absolute atomic E-state index is 6.30. The van der Waals surface area contributed by atoms with Gasteiger partial charge in [0.15, 0.2) is 0 Å². The van der Waals surface area contributed by atoms with Crippen molar-refractivity contribution in [2.75, 3.05) is 13.2 Å². The van der Waals surface area contributed by atoms with Gasteiger partial charge in [0.2, 0.25) is 0 Å². The Morgan fingerprint density at radius 3 is 2.83 bits per heavy atom. The molecule has 1 aliphatic heterocycles. The van der Waals surface area contributed by atoms with Gasteiger partial charge < -0.3 is 10.5 Å². The van der Waals surface area contributed by atoms with Gasteiger partial charge in [0, 0.05) is 32.2 Å². The summed E-state index contributed by atoms with van der Waals surface area (Å²) in [4.78, 5) is 4.34. The predicted octanol–water partition coefficient (Wildman–Crippen LogP) is 1.23. The third-order valence-corrected chi connectivity index (χ3v) is 3.52. The molecule has 0 saturated carbocycles. The number of aromatic nitrogens is 3. The second kappa shape index (κ2) is 6.29. The summed E-state index contributed by atoms with van der Waals surface area (Å²) in [6.07, 6.45) is 4.59. The van der Waals surface area contributed by atoms with Crippen molar-refractivity contribution in [3.63, 3.8) is 0 Å². The van der Waals surface area contributed by atoms with Crippen molar-refractivity contribution in [1.29, 1.82) is 0 Å². The summed E-state index contributed by atoms with van der Waals surface area (Å²) in [5.41, 5.74) is 6.30. The van der Waals surface area contributed by atoms with Crippen molar-refractivity contribution in [2.24, 2.45) is 17.6 Å². The van der Waals surface area contributed by atoms with Crippen LogP contribution in [0.4, 0.5) is 0 Å². The van der Waals surface area contributed by atoms with Crippen molar-refractivity contribution in [2.45, 2.75) is 45.7 Å². The van der Waals surface area contributed by atoms with Crippen LogP contribution in [0.15, 0.2) is 6.33 Å². The molecule has 1 aliphatic rings. The first-order valence-corrected chi connectivity index (χ1v) is 6.87. The third kappa shape index (κ3) is 3.53. The molecule has 1 atom stereocenters. The van der Waals surface area contributed by atoms with E-state index in [1.165, 1.54) is 0 Å². The molecule has 2 rings (SSSR count). The van der Waals surface area contributed by atoms with Gasteiger partial charge in [-0.2, -0.15) is 5.10 Å². The van der Waals surface area contributed by atoms with Gasteiger partial charge in [-0.25, -0.2) is 9.67 Å². The van der Waals surface area contributed by atoms with E-state index >= 15 is 0 Å². The van der Waals surface area contributed by atoms with E-state index in [9.17, 15) is 0 Å². The molecule has 18 heavy (non-hydrogen) atoms. The van der Waals surface area contributed by atoms with Gasteiger partial charge in [-0.15, -0.1) is 0 Å². The van der Waals surface area contributed by atoms with E-state index in [4.69, 9.17) is 10.5 Å². The topological polar surface area (TPSA) is 66.0 Å². The molecular formula is C13H24N4O. The summed E-state index contributed by atoms with van der Waals surface area (Å²) in [7, 11) is 0. The highest BCUT2D eigenvalue weighted by Crippen LogP contribution is 2.19. The Balaban J connectivity index is 1.93. The second-order valence-corrected chi connectivity index (χ2v) is 5.57. The Kier molecular flexibility index (Phi) is 4.72. The number of nitrogens with two attached hydrogens (primary N) is 1. The van der Waals surface area contributed by atoms with Gasteiger partial charge in [-0.1, -0.05) is 13.8 Å². The van der Waals surface area contributed by atoms with E-state index in [2.05, 4.69) is 23.9 Å². The van der Waals surface area contributed by atoms with Crippen molar-refractivity contribution in [3.8, 4) is 0 Å². The summed E-state index contributed by atoms with van der Waals surface area (Å²) < 4.78 is 7.36. The van der Waals surface area contributed by atoms with Crippen LogP contribution >= 0.6 is 0 Å². The number of hydrogen-bond donors (Lipinski definition) is 1. The highest BCUT2D eigenvalue weighted by atomic mass is 16.5. The number of nitrogens with zero attached hydrogens (tertiary/aromatic N) is 3. The molecule has 0 aromatic carbocycles. The second-order valence-electron chi connectivity index (χ2n) is 5.57. The molecule has 0 radical (unpaired) electrons. The van der Waals surface area contributed by atoms with Crippen LogP contribution in [0.1, 0.15) is 32.5 Å². The highest BCUT2D eigenvalue weighted by Gasteiger charge is 2.22. The number of hydrogen-bond acceptors (Lipinski definition) is 4. The summed E-state index contributed by atoms with van der Waals surface area (Å²) in [5, 5.41) is 4.28. The molecule has 2 N–H and O–H groups in total. The van der Waals surface area contributed by atoms with Crippen LogP contribution in [-0.4, -0.2) is 34.0 Å². The highest BCUT2D eigenvalue weighted by molar-refractivity contribution is 4.91. The normalized spacial score (nSPS) is 19.3. The lowest BCUT2D eigenvalue weighted by Gasteiger charge is -2.27. The Morgan fingerprint density at radius 1 is 1.44 bits per heavy atom. The van der Waals surface area contributed by atoms with Crippen molar-refractivity contribution in [1.82, 2.24) is 14.8 Å². The van der Waals surface area contributed by atoms with Gasteiger partial charge in [0.1, 0.15) is 12.2 Å².